The lowest BCUT2D eigenvalue weighted by Gasteiger charge is -2.26. The molecular weight excluding hydrogens is 531 g/mol. The van der Waals surface area contributed by atoms with Crippen molar-refractivity contribution in [1.29, 1.82) is 0 Å². The molecule has 1 aliphatic rings. The van der Waals surface area contributed by atoms with Crippen LogP contribution in [0.2, 0.25) is 0 Å². The molecule has 41 heavy (non-hydrogen) atoms. The average Bonchev–Trinajstić information content (AvgIpc) is 2.94. The summed E-state index contributed by atoms with van der Waals surface area (Å²) in [7, 11) is 0. The summed E-state index contributed by atoms with van der Waals surface area (Å²) >= 11 is 0. The van der Waals surface area contributed by atoms with Gasteiger partial charge in [0, 0.05) is 24.9 Å². The second kappa shape index (κ2) is 12.8. The van der Waals surface area contributed by atoms with Crippen LogP contribution in [0.15, 0.2) is 96.3 Å². The van der Waals surface area contributed by atoms with Gasteiger partial charge in [-0.1, -0.05) is 80.2 Å². The lowest BCUT2D eigenvalue weighted by Crippen LogP contribution is -2.34. The molecule has 0 radical (unpaired) electrons. The number of hydrogen-bond donors (Lipinski definition) is 2. The summed E-state index contributed by atoms with van der Waals surface area (Å²) in [6.07, 6.45) is -2.96. The van der Waals surface area contributed by atoms with Crippen molar-refractivity contribution >= 4 is 23.2 Å². The highest BCUT2D eigenvalue weighted by atomic mass is 19.4. The van der Waals surface area contributed by atoms with Crippen molar-refractivity contribution in [3.63, 3.8) is 0 Å². The minimum Gasteiger partial charge on any atom is -0.513 e. The summed E-state index contributed by atoms with van der Waals surface area (Å²) < 4.78 is 41.6. The van der Waals surface area contributed by atoms with Crippen LogP contribution < -0.4 is 5.32 Å². The molecule has 2 N–H and O–H groups in total. The second-order valence-electron chi connectivity index (χ2n) is 10.2. The number of carbonyl (C=O) groups excluding carboxylic acids is 2. The van der Waals surface area contributed by atoms with Crippen LogP contribution in [-0.4, -0.2) is 33.8 Å². The molecule has 214 valence electrons. The van der Waals surface area contributed by atoms with E-state index in [9.17, 15) is 27.9 Å². The third-order valence-corrected chi connectivity index (χ3v) is 7.08. The maximum atomic E-state index is 13.9. The van der Waals surface area contributed by atoms with Gasteiger partial charge in [0.15, 0.2) is 0 Å². The minimum atomic E-state index is -4.60. The number of aliphatic hydroxyl groups excluding tert-OH is 1. The van der Waals surface area contributed by atoms with Gasteiger partial charge in [0.05, 0.1) is 29.9 Å². The Morgan fingerprint density at radius 2 is 1.73 bits per heavy atom. The Morgan fingerprint density at radius 3 is 2.39 bits per heavy atom. The third-order valence-electron chi connectivity index (χ3n) is 7.08. The van der Waals surface area contributed by atoms with Crippen molar-refractivity contribution in [3.05, 3.63) is 113 Å². The number of hydrazone groups is 1. The second-order valence-corrected chi connectivity index (χ2v) is 10.2. The van der Waals surface area contributed by atoms with E-state index in [4.69, 9.17) is 0 Å². The first-order valence-electron chi connectivity index (χ1n) is 13.4. The number of carbonyl (C=O) groups is 2. The molecule has 9 heteroatoms. The predicted molar refractivity (Wildman–Crippen MR) is 152 cm³/mol. The molecule has 6 nitrogen and oxygen atoms in total. The maximum Gasteiger partial charge on any atom is 0.392 e. The molecule has 0 aliphatic carbocycles. The standard InChI is InChI=1S/C32H32F3N3O3/c1-21(39)11-12-23-7-6-10-27(19-23)36-31(41)30(22(2)32(33,34)35)26-15-13-24(14-16-26)20-38-29(40)18-17-28(37-38)25-8-4-3-5-9-25/h3-10,13-16,19,22,30,39H,1,11-12,17-18,20H2,2H3,(H,36,41). The number of nitrogens with one attached hydrogen (secondary N) is 1. The number of rotatable bonds is 10. The van der Waals surface area contributed by atoms with Gasteiger partial charge in [-0.15, -0.1) is 0 Å². The topological polar surface area (TPSA) is 82.0 Å². The molecule has 0 spiro atoms. The van der Waals surface area contributed by atoms with E-state index in [0.29, 0.717) is 36.9 Å². The van der Waals surface area contributed by atoms with Crippen LogP contribution >= 0.6 is 0 Å². The normalized spacial score (nSPS) is 15.2. The highest BCUT2D eigenvalue weighted by Gasteiger charge is 2.45. The molecule has 2 atom stereocenters. The largest absolute Gasteiger partial charge is 0.513 e. The first kappa shape index (κ1) is 29.6. The van der Waals surface area contributed by atoms with Crippen LogP contribution in [0.1, 0.15) is 54.4 Å². The van der Waals surface area contributed by atoms with E-state index in [1.54, 1.807) is 36.4 Å². The molecule has 0 bridgehead atoms. The van der Waals surface area contributed by atoms with E-state index in [1.165, 1.54) is 17.1 Å². The van der Waals surface area contributed by atoms with Crippen molar-refractivity contribution in [2.24, 2.45) is 11.0 Å². The minimum absolute atomic E-state index is 0.0232. The number of benzene rings is 3. The SMILES string of the molecule is C=C(O)CCc1cccc(NC(=O)C(c2ccc(CN3N=C(c4ccccc4)CCC3=O)cc2)C(C)C(F)(F)F)c1. The fraction of sp³-hybridized carbons (Fsp3) is 0.281. The van der Waals surface area contributed by atoms with Crippen molar-refractivity contribution < 1.29 is 27.9 Å². The lowest BCUT2D eigenvalue weighted by atomic mass is 9.85. The van der Waals surface area contributed by atoms with Gasteiger partial charge < -0.3 is 10.4 Å². The van der Waals surface area contributed by atoms with Gasteiger partial charge in [0.2, 0.25) is 11.8 Å². The highest BCUT2D eigenvalue weighted by molar-refractivity contribution is 6.04. The Hall–Kier alpha value is -4.40. The van der Waals surface area contributed by atoms with Crippen LogP contribution in [0.4, 0.5) is 18.9 Å². The molecule has 0 saturated carbocycles. The summed E-state index contributed by atoms with van der Waals surface area (Å²) in [6.45, 7) is 4.61. The zero-order valence-corrected chi connectivity index (χ0v) is 22.7. The number of amides is 2. The van der Waals surface area contributed by atoms with E-state index in [1.807, 2.05) is 30.3 Å². The van der Waals surface area contributed by atoms with Crippen LogP contribution in [0.5, 0.6) is 0 Å². The summed E-state index contributed by atoms with van der Waals surface area (Å²) in [4.78, 5) is 25.8. The first-order chi connectivity index (χ1) is 19.5. The van der Waals surface area contributed by atoms with Gasteiger partial charge in [0.25, 0.3) is 0 Å². The van der Waals surface area contributed by atoms with Crippen molar-refractivity contribution in [2.45, 2.75) is 51.2 Å². The zero-order chi connectivity index (χ0) is 29.6. The molecule has 0 fully saturated rings. The molecule has 3 aromatic rings. The van der Waals surface area contributed by atoms with Crippen LogP contribution in [0.25, 0.3) is 0 Å². The fourth-order valence-corrected chi connectivity index (χ4v) is 4.73. The van der Waals surface area contributed by atoms with Gasteiger partial charge in [-0.25, -0.2) is 5.01 Å². The third kappa shape index (κ3) is 7.84. The number of halogens is 3. The van der Waals surface area contributed by atoms with Crippen molar-refractivity contribution in [3.8, 4) is 0 Å². The molecule has 2 amide bonds. The van der Waals surface area contributed by atoms with E-state index in [2.05, 4.69) is 17.0 Å². The van der Waals surface area contributed by atoms with E-state index < -0.39 is 23.9 Å². The monoisotopic (exact) mass is 563 g/mol. The molecule has 4 rings (SSSR count). The number of anilines is 1. The Bertz CT molecular complexity index is 1420. The molecule has 2 unspecified atom stereocenters. The number of hydrogen-bond acceptors (Lipinski definition) is 4. The Kier molecular flexibility index (Phi) is 9.27. The molecule has 3 aromatic carbocycles. The van der Waals surface area contributed by atoms with Gasteiger partial charge in [-0.3, -0.25) is 9.59 Å². The average molecular weight is 564 g/mol. The maximum absolute atomic E-state index is 13.9. The van der Waals surface area contributed by atoms with Crippen molar-refractivity contribution in [1.82, 2.24) is 5.01 Å². The summed E-state index contributed by atoms with van der Waals surface area (Å²) in [6, 6.07) is 22.6. The fourth-order valence-electron chi connectivity index (χ4n) is 4.73. The molecule has 0 saturated heterocycles. The summed E-state index contributed by atoms with van der Waals surface area (Å²) in [5.41, 5.74) is 3.78. The summed E-state index contributed by atoms with van der Waals surface area (Å²) in [5, 5.41) is 17.9. The Balaban J connectivity index is 1.53. The number of nitrogens with zero attached hydrogens (tertiary/aromatic N) is 2. The van der Waals surface area contributed by atoms with Gasteiger partial charge in [-0.2, -0.15) is 18.3 Å². The summed E-state index contributed by atoms with van der Waals surface area (Å²) in [5.74, 6) is -4.34. The van der Waals surface area contributed by atoms with Crippen LogP contribution in [0, 0.1) is 5.92 Å². The van der Waals surface area contributed by atoms with Gasteiger partial charge in [-0.05, 0) is 40.8 Å². The number of aliphatic hydroxyl groups is 1. The predicted octanol–water partition coefficient (Wildman–Crippen LogP) is 7.14. The van der Waals surface area contributed by atoms with Crippen LogP contribution in [-0.2, 0) is 22.6 Å². The smallest absolute Gasteiger partial charge is 0.392 e. The van der Waals surface area contributed by atoms with Crippen LogP contribution in [0.3, 0.4) is 0 Å². The van der Waals surface area contributed by atoms with E-state index in [-0.39, 0.29) is 23.8 Å². The Morgan fingerprint density at radius 1 is 1.02 bits per heavy atom. The quantitative estimate of drug-likeness (QED) is 0.257. The van der Waals surface area contributed by atoms with Crippen molar-refractivity contribution in [2.75, 3.05) is 5.32 Å². The molecule has 0 aromatic heterocycles. The number of aryl methyl sites for hydroxylation is 1. The molecule has 1 aliphatic heterocycles. The van der Waals surface area contributed by atoms with E-state index >= 15 is 0 Å². The molecular formula is C32H32F3N3O3. The molecule has 1 heterocycles. The zero-order valence-electron chi connectivity index (χ0n) is 22.7. The highest BCUT2D eigenvalue weighted by Crippen LogP contribution is 2.38. The van der Waals surface area contributed by atoms with Gasteiger partial charge >= 0.3 is 6.18 Å². The number of alkyl halides is 3. The first-order valence-corrected chi connectivity index (χ1v) is 13.4. The lowest BCUT2D eigenvalue weighted by molar-refractivity contribution is -0.178. The Labute approximate surface area is 237 Å². The van der Waals surface area contributed by atoms with Gasteiger partial charge in [0.1, 0.15) is 0 Å². The number of allylic oxidation sites excluding steroid dienone is 1. The van der Waals surface area contributed by atoms with E-state index in [0.717, 1.165) is 23.8 Å².